The minimum absolute atomic E-state index is 0.0530. The van der Waals surface area contributed by atoms with E-state index >= 15 is 0 Å². The number of amides is 3. The Morgan fingerprint density at radius 2 is 1.92 bits per heavy atom. The van der Waals surface area contributed by atoms with Crippen molar-refractivity contribution in [1.82, 2.24) is 10.6 Å². The number of esters is 1. The van der Waals surface area contributed by atoms with E-state index in [2.05, 4.69) is 17.6 Å². The monoisotopic (exact) mass is 335 g/mol. The standard InChI is InChI=1S/C16H21N3O5/c1-11-4-2-3-5-13(11)17-16(22)18-14(20)10-24-15(21)12-6-8-19(23)9-7-12/h6-9,11,13H,2-5,10H2,1H3,(H2,17,18,20,22)/t11-,13+/m1/s1. The number of carbonyl (C=O) groups is 3. The second-order valence-corrected chi connectivity index (χ2v) is 5.91. The van der Waals surface area contributed by atoms with Crippen LogP contribution in [0.4, 0.5) is 4.79 Å². The van der Waals surface area contributed by atoms with E-state index in [9.17, 15) is 19.6 Å². The number of aromatic nitrogens is 1. The van der Waals surface area contributed by atoms with Gasteiger partial charge in [0.15, 0.2) is 19.0 Å². The van der Waals surface area contributed by atoms with E-state index < -0.39 is 24.5 Å². The van der Waals surface area contributed by atoms with Gasteiger partial charge in [-0.25, -0.2) is 9.59 Å². The summed E-state index contributed by atoms with van der Waals surface area (Å²) in [6, 6.07) is 2.04. The Kier molecular flexibility index (Phi) is 6.11. The van der Waals surface area contributed by atoms with E-state index in [4.69, 9.17) is 4.74 Å². The van der Waals surface area contributed by atoms with Gasteiger partial charge in [0.05, 0.1) is 5.56 Å². The number of nitrogens with zero attached hydrogens (tertiary/aromatic N) is 1. The van der Waals surface area contributed by atoms with Crippen LogP contribution in [-0.2, 0) is 9.53 Å². The van der Waals surface area contributed by atoms with Crippen molar-refractivity contribution < 1.29 is 23.9 Å². The molecule has 2 rings (SSSR count). The lowest BCUT2D eigenvalue weighted by molar-refractivity contribution is -0.605. The third-order valence-electron chi connectivity index (χ3n) is 4.05. The summed E-state index contributed by atoms with van der Waals surface area (Å²) in [6.07, 6.45) is 6.45. The summed E-state index contributed by atoms with van der Waals surface area (Å²) in [4.78, 5) is 35.2. The molecule has 3 amide bonds. The van der Waals surface area contributed by atoms with Crippen molar-refractivity contribution in [1.29, 1.82) is 0 Å². The molecule has 2 atom stereocenters. The maximum absolute atomic E-state index is 11.8. The third kappa shape index (κ3) is 5.22. The van der Waals surface area contributed by atoms with E-state index in [1.54, 1.807) is 0 Å². The number of carbonyl (C=O) groups excluding carboxylic acids is 3. The second kappa shape index (κ2) is 8.28. The van der Waals surface area contributed by atoms with Crippen LogP contribution in [0.1, 0.15) is 43.0 Å². The molecule has 1 aromatic rings. The van der Waals surface area contributed by atoms with E-state index in [1.165, 1.54) is 12.1 Å². The maximum Gasteiger partial charge on any atom is 0.339 e. The fourth-order valence-corrected chi connectivity index (χ4v) is 2.66. The highest BCUT2D eigenvalue weighted by Gasteiger charge is 2.23. The molecule has 1 heterocycles. The number of pyridine rings is 1. The van der Waals surface area contributed by atoms with Crippen LogP contribution in [0.3, 0.4) is 0 Å². The fraction of sp³-hybridized carbons (Fsp3) is 0.500. The van der Waals surface area contributed by atoms with Crippen LogP contribution in [0.5, 0.6) is 0 Å². The molecule has 1 aliphatic rings. The van der Waals surface area contributed by atoms with Gasteiger partial charge in [0, 0.05) is 18.2 Å². The summed E-state index contributed by atoms with van der Waals surface area (Å²) in [7, 11) is 0. The van der Waals surface area contributed by atoms with Crippen LogP contribution < -0.4 is 15.4 Å². The van der Waals surface area contributed by atoms with Gasteiger partial charge in [-0.15, -0.1) is 0 Å². The van der Waals surface area contributed by atoms with E-state index in [-0.39, 0.29) is 11.6 Å². The molecule has 0 unspecified atom stereocenters. The van der Waals surface area contributed by atoms with E-state index in [0.29, 0.717) is 10.6 Å². The molecule has 1 aromatic heterocycles. The SMILES string of the molecule is C[C@@H]1CCCC[C@@H]1NC(=O)NC(=O)COC(=O)c1cc[n+]([O-])cc1. The number of nitrogens with one attached hydrogen (secondary N) is 2. The van der Waals surface area contributed by atoms with Crippen LogP contribution in [0, 0.1) is 11.1 Å². The first-order valence-corrected chi connectivity index (χ1v) is 7.92. The molecule has 0 radical (unpaired) electrons. The topological polar surface area (TPSA) is 111 Å². The van der Waals surface area contributed by atoms with Gasteiger partial charge in [-0.3, -0.25) is 10.1 Å². The quantitative estimate of drug-likeness (QED) is 0.482. The Labute approximate surface area is 139 Å². The molecule has 2 N–H and O–H groups in total. The van der Waals surface area contributed by atoms with Gasteiger partial charge in [0.2, 0.25) is 0 Å². The number of imide groups is 1. The molecular formula is C16H21N3O5. The summed E-state index contributed by atoms with van der Waals surface area (Å²) < 4.78 is 5.33. The summed E-state index contributed by atoms with van der Waals surface area (Å²) in [5, 5.41) is 15.8. The minimum atomic E-state index is -0.743. The van der Waals surface area contributed by atoms with Crippen molar-refractivity contribution in [3.63, 3.8) is 0 Å². The van der Waals surface area contributed by atoms with Crippen LogP contribution >= 0.6 is 0 Å². The first kappa shape index (κ1) is 17.7. The zero-order chi connectivity index (χ0) is 17.5. The average molecular weight is 335 g/mol. The first-order valence-electron chi connectivity index (χ1n) is 7.92. The number of urea groups is 1. The number of rotatable bonds is 4. The zero-order valence-electron chi connectivity index (χ0n) is 13.5. The highest BCUT2D eigenvalue weighted by molar-refractivity contribution is 5.97. The molecule has 0 aromatic carbocycles. The summed E-state index contributed by atoms with van der Waals surface area (Å²) in [5.41, 5.74) is 0.149. The second-order valence-electron chi connectivity index (χ2n) is 5.91. The molecule has 0 aliphatic heterocycles. The molecule has 8 nitrogen and oxygen atoms in total. The molecule has 1 saturated carbocycles. The van der Waals surface area contributed by atoms with Gasteiger partial charge in [-0.1, -0.05) is 19.8 Å². The van der Waals surface area contributed by atoms with Crippen molar-refractivity contribution in [3.05, 3.63) is 35.3 Å². The van der Waals surface area contributed by atoms with Crippen molar-refractivity contribution in [3.8, 4) is 0 Å². The Hall–Kier alpha value is -2.64. The van der Waals surface area contributed by atoms with Gasteiger partial charge in [-0.2, -0.15) is 4.73 Å². The van der Waals surface area contributed by atoms with Crippen LogP contribution in [0.2, 0.25) is 0 Å². The average Bonchev–Trinajstić information content (AvgIpc) is 2.55. The lowest BCUT2D eigenvalue weighted by atomic mass is 9.86. The van der Waals surface area contributed by atoms with Gasteiger partial charge in [0.1, 0.15) is 0 Å². The Balaban J connectivity index is 1.73. The predicted molar refractivity (Wildman–Crippen MR) is 83.8 cm³/mol. The minimum Gasteiger partial charge on any atom is -0.619 e. The van der Waals surface area contributed by atoms with Gasteiger partial charge in [-0.05, 0) is 18.8 Å². The smallest absolute Gasteiger partial charge is 0.339 e. The number of ether oxygens (including phenoxy) is 1. The predicted octanol–water partition coefficient (Wildman–Crippen LogP) is 0.881. The van der Waals surface area contributed by atoms with Gasteiger partial charge < -0.3 is 15.3 Å². The number of hydrogen-bond acceptors (Lipinski definition) is 5. The summed E-state index contributed by atoms with van der Waals surface area (Å²) in [5.74, 6) is -1.08. The molecule has 0 spiro atoms. The van der Waals surface area contributed by atoms with E-state index in [0.717, 1.165) is 38.1 Å². The highest BCUT2D eigenvalue weighted by Crippen LogP contribution is 2.23. The largest absolute Gasteiger partial charge is 0.619 e. The van der Waals surface area contributed by atoms with Crippen molar-refractivity contribution >= 4 is 17.9 Å². The third-order valence-corrected chi connectivity index (χ3v) is 4.05. The zero-order valence-corrected chi connectivity index (χ0v) is 13.5. The maximum atomic E-state index is 11.8. The van der Waals surface area contributed by atoms with Crippen molar-refractivity contribution in [2.45, 2.75) is 38.6 Å². The lowest BCUT2D eigenvalue weighted by Gasteiger charge is -2.29. The first-order chi connectivity index (χ1) is 11.5. The van der Waals surface area contributed by atoms with Crippen LogP contribution in [0.25, 0.3) is 0 Å². The fourth-order valence-electron chi connectivity index (χ4n) is 2.66. The van der Waals surface area contributed by atoms with E-state index in [1.807, 2.05) is 0 Å². The van der Waals surface area contributed by atoms with Crippen LogP contribution in [0.15, 0.2) is 24.5 Å². The molecule has 1 fully saturated rings. The molecule has 1 aliphatic carbocycles. The molecule has 0 saturated heterocycles. The van der Waals surface area contributed by atoms with Gasteiger partial charge >= 0.3 is 12.0 Å². The Bertz CT molecular complexity index is 602. The Morgan fingerprint density at radius 3 is 2.58 bits per heavy atom. The van der Waals surface area contributed by atoms with Crippen molar-refractivity contribution in [2.75, 3.05) is 6.61 Å². The van der Waals surface area contributed by atoms with Crippen LogP contribution in [-0.4, -0.2) is 30.6 Å². The van der Waals surface area contributed by atoms with Gasteiger partial charge in [0.25, 0.3) is 5.91 Å². The molecule has 24 heavy (non-hydrogen) atoms. The molecular weight excluding hydrogens is 314 g/mol. The summed E-state index contributed by atoms with van der Waals surface area (Å²) >= 11 is 0. The normalized spacial score (nSPS) is 20.0. The highest BCUT2D eigenvalue weighted by atomic mass is 16.5. The summed E-state index contributed by atoms with van der Waals surface area (Å²) in [6.45, 7) is 1.50. The lowest BCUT2D eigenvalue weighted by Crippen LogP contribution is -2.48. The van der Waals surface area contributed by atoms with Crippen molar-refractivity contribution in [2.24, 2.45) is 5.92 Å². The molecule has 130 valence electrons. The number of hydrogen-bond donors (Lipinski definition) is 2. The Morgan fingerprint density at radius 1 is 1.25 bits per heavy atom. The molecule has 8 heteroatoms. The molecule has 0 bridgehead atoms.